The van der Waals surface area contributed by atoms with Crippen molar-refractivity contribution in [3.05, 3.63) is 0 Å². The molecule has 0 aliphatic heterocycles. The topological polar surface area (TPSA) is 138 Å². The van der Waals surface area contributed by atoms with E-state index in [1.54, 1.807) is 0 Å². The van der Waals surface area contributed by atoms with Gasteiger partial charge in [0.2, 0.25) is 0 Å². The summed E-state index contributed by atoms with van der Waals surface area (Å²) in [6.07, 6.45) is 10.9. The molecule has 0 aromatic heterocycles. The average molecular weight is 380 g/mol. The second-order valence-electron chi connectivity index (χ2n) is 5.03. The van der Waals surface area contributed by atoms with Gasteiger partial charge in [-0.05, 0) is 6.42 Å². The first-order valence-electron chi connectivity index (χ1n) is 7.75. The van der Waals surface area contributed by atoms with Crippen LogP contribution >= 0.6 is 0 Å². The summed E-state index contributed by atoms with van der Waals surface area (Å²) in [5.41, 5.74) is 0. The van der Waals surface area contributed by atoms with E-state index < -0.39 is 28.9 Å². The Hall–Kier alpha value is -0.0300. The second-order valence-corrected chi connectivity index (χ2v) is 5.93. The molecule has 0 bridgehead atoms. The largest absolute Gasteiger partial charge is 1.00 e. The Morgan fingerprint density at radius 2 is 1.25 bits per heavy atom. The molecule has 0 spiro atoms. The summed E-state index contributed by atoms with van der Waals surface area (Å²) in [7, 11) is -4.67. The van der Waals surface area contributed by atoms with Crippen LogP contribution in [0, 0.1) is 0 Å². The maximum absolute atomic E-state index is 11.1. The summed E-state index contributed by atoms with van der Waals surface area (Å²) >= 11 is 0. The van der Waals surface area contributed by atoms with Crippen molar-refractivity contribution in [3.8, 4) is 0 Å². The zero-order chi connectivity index (χ0) is 18.1. The van der Waals surface area contributed by atoms with Crippen LogP contribution in [-0.4, -0.2) is 41.2 Å². The summed E-state index contributed by atoms with van der Waals surface area (Å²) < 4.78 is 35.9. The zero-order valence-electron chi connectivity index (χ0n) is 15.6. The quantitative estimate of drug-likeness (QED) is 0.142. The van der Waals surface area contributed by atoms with Gasteiger partial charge < -0.3 is 11.3 Å². The Kier molecular flexibility index (Phi) is 23.1. The zero-order valence-corrected chi connectivity index (χ0v) is 17.4. The molecular formula is C14H29NaO8S. The summed E-state index contributed by atoms with van der Waals surface area (Å²) in [5, 5.41) is 8.39. The molecule has 0 heterocycles. The van der Waals surface area contributed by atoms with E-state index in [1.807, 2.05) is 0 Å². The molecule has 0 saturated carbocycles. The Morgan fingerprint density at radius 1 is 0.875 bits per heavy atom. The van der Waals surface area contributed by atoms with E-state index in [0.717, 1.165) is 19.3 Å². The summed E-state index contributed by atoms with van der Waals surface area (Å²) in [5.74, 6) is -1.40. The van der Waals surface area contributed by atoms with Gasteiger partial charge in [0.05, 0.1) is 0 Å². The Labute approximate surface area is 167 Å². The first-order chi connectivity index (χ1) is 10.7. The third-order valence-electron chi connectivity index (χ3n) is 2.84. The van der Waals surface area contributed by atoms with Crippen LogP contribution < -0.4 is 29.6 Å². The fraction of sp³-hybridized carbons (Fsp3) is 0.857. The predicted octanol–water partition coefficient (Wildman–Crippen LogP) is -0.567. The molecule has 0 aromatic rings. The number of ether oxygens (including phenoxy) is 1. The minimum Gasteiger partial charge on any atom is -1.00 e. The van der Waals surface area contributed by atoms with Crippen LogP contribution in [0.4, 0.5) is 0 Å². The van der Waals surface area contributed by atoms with Gasteiger partial charge in [0.15, 0.2) is 0 Å². The molecule has 0 aliphatic carbocycles. The van der Waals surface area contributed by atoms with E-state index in [-0.39, 0.29) is 37.4 Å². The molecule has 10 heteroatoms. The smallest absolute Gasteiger partial charge is 1.00 e. The van der Waals surface area contributed by atoms with Gasteiger partial charge in [-0.3, -0.25) is 13.9 Å². The molecule has 0 atom stereocenters. The van der Waals surface area contributed by atoms with Crippen LogP contribution in [0.2, 0.25) is 0 Å². The number of aliphatic hydroxyl groups excluding tert-OH is 1. The van der Waals surface area contributed by atoms with E-state index in [1.165, 1.54) is 38.5 Å². The number of unbranched alkanes of at least 4 members (excludes halogenated alkanes) is 8. The standard InChI is InChI=1S/C14H26O4.Na.H2O4S.H/c1-2-3-4-5-6-7-8-9-10-11-13(16)18-14(17)12-15;;1-5(2,3)4;/h15H,2-12H2,1H3;;(H2,1,2,3,4);/q;+1;;-1. The number of aliphatic hydroxyl groups is 1. The van der Waals surface area contributed by atoms with E-state index in [0.29, 0.717) is 0 Å². The summed E-state index contributed by atoms with van der Waals surface area (Å²) in [6, 6.07) is 0. The molecule has 0 unspecified atom stereocenters. The van der Waals surface area contributed by atoms with Crippen molar-refractivity contribution in [1.82, 2.24) is 0 Å². The minimum absolute atomic E-state index is 0. The van der Waals surface area contributed by atoms with Crippen LogP contribution in [0.1, 0.15) is 72.6 Å². The SMILES string of the molecule is CCCCCCCCCCCC(=O)OC(=O)CO.O=S(=O)(O)O.[H-].[Na+]. The predicted molar refractivity (Wildman–Crippen MR) is 85.3 cm³/mol. The number of hydrogen-bond acceptors (Lipinski definition) is 6. The molecule has 0 saturated heterocycles. The van der Waals surface area contributed by atoms with Crippen molar-refractivity contribution in [3.63, 3.8) is 0 Å². The minimum atomic E-state index is -4.67. The van der Waals surface area contributed by atoms with Gasteiger partial charge in [0.1, 0.15) is 6.61 Å². The summed E-state index contributed by atoms with van der Waals surface area (Å²) in [6.45, 7) is 1.48. The molecular weight excluding hydrogens is 351 g/mol. The first-order valence-corrected chi connectivity index (χ1v) is 9.14. The second kappa shape index (κ2) is 19.3. The fourth-order valence-corrected chi connectivity index (χ4v) is 1.79. The average Bonchev–Trinajstić information content (AvgIpc) is 2.43. The third-order valence-corrected chi connectivity index (χ3v) is 2.84. The molecule has 24 heavy (non-hydrogen) atoms. The summed E-state index contributed by atoms with van der Waals surface area (Å²) in [4.78, 5) is 21.7. The molecule has 8 nitrogen and oxygen atoms in total. The Morgan fingerprint density at radius 3 is 1.62 bits per heavy atom. The number of carbonyl (C=O) groups excluding carboxylic acids is 2. The van der Waals surface area contributed by atoms with E-state index >= 15 is 0 Å². The Balaban J connectivity index is -0.000000276. The molecule has 3 N–H and O–H groups in total. The maximum atomic E-state index is 11.1. The van der Waals surface area contributed by atoms with Crippen LogP contribution in [-0.2, 0) is 24.7 Å². The van der Waals surface area contributed by atoms with Gasteiger partial charge in [-0.2, -0.15) is 8.42 Å². The first kappa shape index (κ1) is 28.8. The van der Waals surface area contributed by atoms with Gasteiger partial charge in [-0.15, -0.1) is 0 Å². The normalized spacial score (nSPS) is 10.2. The van der Waals surface area contributed by atoms with E-state index in [2.05, 4.69) is 11.7 Å². The molecule has 0 aliphatic rings. The van der Waals surface area contributed by atoms with Gasteiger partial charge in [0.25, 0.3) is 0 Å². The van der Waals surface area contributed by atoms with Crippen LogP contribution in [0.15, 0.2) is 0 Å². The molecule has 0 rings (SSSR count). The fourth-order valence-electron chi connectivity index (χ4n) is 1.79. The maximum Gasteiger partial charge on any atom is 1.00 e. The molecule has 0 radical (unpaired) electrons. The van der Waals surface area contributed by atoms with Crippen LogP contribution in [0.25, 0.3) is 0 Å². The molecule has 0 amide bonds. The van der Waals surface area contributed by atoms with Crippen molar-refractivity contribution in [2.24, 2.45) is 0 Å². The van der Waals surface area contributed by atoms with E-state index in [4.69, 9.17) is 22.6 Å². The molecule has 0 aromatic carbocycles. The van der Waals surface area contributed by atoms with Crippen molar-refractivity contribution in [1.29, 1.82) is 0 Å². The van der Waals surface area contributed by atoms with Crippen LogP contribution in [0.3, 0.4) is 0 Å². The number of carbonyl (C=O) groups is 2. The van der Waals surface area contributed by atoms with Crippen molar-refractivity contribution < 1.29 is 67.9 Å². The third kappa shape index (κ3) is 33.5. The molecule has 140 valence electrons. The van der Waals surface area contributed by atoms with E-state index in [9.17, 15) is 9.59 Å². The van der Waals surface area contributed by atoms with Crippen molar-refractivity contribution >= 4 is 22.3 Å². The Bertz CT molecular complexity index is 409. The van der Waals surface area contributed by atoms with Gasteiger partial charge in [0, 0.05) is 6.42 Å². The number of esters is 2. The van der Waals surface area contributed by atoms with Gasteiger partial charge in [-0.25, -0.2) is 4.79 Å². The number of rotatable bonds is 11. The van der Waals surface area contributed by atoms with Gasteiger partial charge in [-0.1, -0.05) is 58.3 Å². The molecule has 0 fully saturated rings. The van der Waals surface area contributed by atoms with Gasteiger partial charge >= 0.3 is 51.9 Å². The van der Waals surface area contributed by atoms with Crippen molar-refractivity contribution in [2.75, 3.05) is 6.61 Å². The van der Waals surface area contributed by atoms with Crippen molar-refractivity contribution in [2.45, 2.75) is 71.1 Å². The monoisotopic (exact) mass is 380 g/mol. The van der Waals surface area contributed by atoms with Crippen LogP contribution in [0.5, 0.6) is 0 Å². The number of hydrogen-bond donors (Lipinski definition) is 3.